The maximum absolute atomic E-state index is 6.65. The van der Waals surface area contributed by atoms with Crippen LogP contribution in [0.1, 0.15) is 48.2 Å². The van der Waals surface area contributed by atoms with Crippen molar-refractivity contribution in [3.63, 3.8) is 0 Å². The highest BCUT2D eigenvalue weighted by atomic mass is 32.1. The molecule has 0 aromatic carbocycles. The van der Waals surface area contributed by atoms with Gasteiger partial charge in [0, 0.05) is 4.88 Å². The first kappa shape index (κ1) is 10.7. The molecule has 2 N–H and O–H groups in total. The Hall–Kier alpha value is -0.410. The fourth-order valence-corrected chi connectivity index (χ4v) is 4.78. The monoisotopic (exact) mass is 236 g/mol. The second kappa shape index (κ2) is 3.54. The topological polar surface area (TPSA) is 38.9 Å². The Morgan fingerprint density at radius 3 is 2.81 bits per heavy atom. The summed E-state index contributed by atoms with van der Waals surface area (Å²) in [6.07, 6.45) is 6.27. The minimum Gasteiger partial charge on any atom is -0.319 e. The highest BCUT2D eigenvalue weighted by Crippen LogP contribution is 2.54. The van der Waals surface area contributed by atoms with Crippen LogP contribution < -0.4 is 5.73 Å². The molecule has 0 aliphatic heterocycles. The molecule has 0 amide bonds. The van der Waals surface area contributed by atoms with E-state index in [4.69, 9.17) is 10.7 Å². The molecule has 2 saturated carbocycles. The van der Waals surface area contributed by atoms with Crippen molar-refractivity contribution in [3.8, 4) is 0 Å². The summed E-state index contributed by atoms with van der Waals surface area (Å²) in [5.41, 5.74) is 7.83. The molecule has 2 nitrogen and oxygen atoms in total. The summed E-state index contributed by atoms with van der Waals surface area (Å²) in [5.74, 6) is 1.58. The summed E-state index contributed by atoms with van der Waals surface area (Å²) in [6, 6.07) is 0. The van der Waals surface area contributed by atoms with Gasteiger partial charge in [0.2, 0.25) is 0 Å². The first-order chi connectivity index (χ1) is 7.63. The van der Waals surface area contributed by atoms with Crippen molar-refractivity contribution in [2.45, 2.75) is 51.5 Å². The minimum atomic E-state index is -0.0776. The van der Waals surface area contributed by atoms with Gasteiger partial charge in [-0.2, -0.15) is 0 Å². The van der Waals surface area contributed by atoms with Crippen LogP contribution in [0.15, 0.2) is 0 Å². The van der Waals surface area contributed by atoms with Gasteiger partial charge in [-0.25, -0.2) is 4.98 Å². The van der Waals surface area contributed by atoms with Crippen molar-refractivity contribution >= 4 is 11.3 Å². The zero-order chi connectivity index (χ0) is 11.3. The van der Waals surface area contributed by atoms with Crippen LogP contribution in [0.5, 0.6) is 0 Å². The maximum atomic E-state index is 6.65. The number of aryl methyl sites for hydroxylation is 2. The molecule has 3 rings (SSSR count). The van der Waals surface area contributed by atoms with Gasteiger partial charge in [-0.15, -0.1) is 11.3 Å². The summed E-state index contributed by atoms with van der Waals surface area (Å²) in [4.78, 5) is 6.16. The predicted octanol–water partition coefficient (Wildman–Crippen LogP) is 2.99. The summed E-state index contributed by atoms with van der Waals surface area (Å²) in [5, 5.41) is 1.22. The molecule has 1 aromatic heterocycles. The van der Waals surface area contributed by atoms with E-state index < -0.39 is 0 Å². The molecule has 3 atom stereocenters. The summed E-state index contributed by atoms with van der Waals surface area (Å²) in [7, 11) is 0. The molecule has 1 aromatic rings. The standard InChI is InChI=1S/C13H20N2S/c1-3-11-8(2)16-12(15-11)13(14)7-9-4-5-10(13)6-9/h9-10H,3-7,14H2,1-2H3. The lowest BCUT2D eigenvalue weighted by molar-refractivity contribution is 0.275. The van der Waals surface area contributed by atoms with Crippen LogP contribution in [0.4, 0.5) is 0 Å². The van der Waals surface area contributed by atoms with Crippen LogP contribution in [0.2, 0.25) is 0 Å². The number of fused-ring (bicyclic) bond motifs is 2. The van der Waals surface area contributed by atoms with Gasteiger partial charge < -0.3 is 5.73 Å². The molecule has 1 heterocycles. The van der Waals surface area contributed by atoms with Gasteiger partial charge in [-0.3, -0.25) is 0 Å². The van der Waals surface area contributed by atoms with E-state index in [1.54, 1.807) is 0 Å². The SMILES string of the molecule is CCc1nc(C2(N)CC3CCC2C3)sc1C. The van der Waals surface area contributed by atoms with Crippen LogP contribution in [-0.2, 0) is 12.0 Å². The van der Waals surface area contributed by atoms with Gasteiger partial charge in [-0.1, -0.05) is 13.3 Å². The Kier molecular flexibility index (Phi) is 2.37. The lowest BCUT2D eigenvalue weighted by Crippen LogP contribution is -2.41. The molecule has 3 heteroatoms. The molecular formula is C13H20N2S. The zero-order valence-corrected chi connectivity index (χ0v) is 10.9. The molecule has 2 aliphatic rings. The van der Waals surface area contributed by atoms with E-state index >= 15 is 0 Å². The van der Waals surface area contributed by atoms with E-state index in [2.05, 4.69) is 13.8 Å². The number of aromatic nitrogens is 1. The van der Waals surface area contributed by atoms with Crippen molar-refractivity contribution in [2.75, 3.05) is 0 Å². The molecule has 2 bridgehead atoms. The summed E-state index contributed by atoms with van der Waals surface area (Å²) < 4.78 is 0. The average Bonchev–Trinajstić information content (AvgIpc) is 2.91. The maximum Gasteiger partial charge on any atom is 0.113 e. The Bertz CT molecular complexity index is 412. The largest absolute Gasteiger partial charge is 0.319 e. The van der Waals surface area contributed by atoms with E-state index in [1.165, 1.54) is 41.3 Å². The van der Waals surface area contributed by atoms with Gasteiger partial charge in [0.05, 0.1) is 11.2 Å². The fraction of sp³-hybridized carbons (Fsp3) is 0.769. The van der Waals surface area contributed by atoms with Crippen molar-refractivity contribution in [1.29, 1.82) is 0 Å². The third-order valence-corrected chi connectivity index (χ3v) is 5.73. The Morgan fingerprint density at radius 1 is 1.50 bits per heavy atom. The van der Waals surface area contributed by atoms with Gasteiger partial charge in [-0.05, 0) is 44.4 Å². The normalized spacial score (nSPS) is 37.2. The molecule has 3 unspecified atom stereocenters. The number of nitrogens with zero attached hydrogens (tertiary/aromatic N) is 1. The summed E-state index contributed by atoms with van der Waals surface area (Å²) in [6.45, 7) is 4.35. The first-order valence-corrected chi connectivity index (χ1v) is 7.20. The van der Waals surface area contributed by atoms with Crippen molar-refractivity contribution in [1.82, 2.24) is 4.98 Å². The third kappa shape index (κ3) is 1.37. The minimum absolute atomic E-state index is 0.0776. The number of hydrogen-bond donors (Lipinski definition) is 1. The van der Waals surface area contributed by atoms with E-state index in [-0.39, 0.29) is 5.54 Å². The Balaban J connectivity index is 1.97. The second-order valence-corrected chi connectivity index (χ2v) is 6.70. The first-order valence-electron chi connectivity index (χ1n) is 6.39. The molecule has 0 radical (unpaired) electrons. The Labute approximate surface area is 101 Å². The molecular weight excluding hydrogens is 216 g/mol. The second-order valence-electron chi connectivity index (χ2n) is 5.50. The highest BCUT2D eigenvalue weighted by Gasteiger charge is 2.51. The fourth-order valence-electron chi connectivity index (χ4n) is 3.59. The van der Waals surface area contributed by atoms with Crippen molar-refractivity contribution in [2.24, 2.45) is 17.6 Å². The number of rotatable bonds is 2. The van der Waals surface area contributed by atoms with Gasteiger partial charge in [0.15, 0.2) is 0 Å². The van der Waals surface area contributed by atoms with Crippen LogP contribution >= 0.6 is 11.3 Å². The lowest BCUT2D eigenvalue weighted by atomic mass is 9.82. The summed E-state index contributed by atoms with van der Waals surface area (Å²) >= 11 is 1.84. The quantitative estimate of drug-likeness (QED) is 0.857. The van der Waals surface area contributed by atoms with Gasteiger partial charge in [0.1, 0.15) is 5.01 Å². The predicted molar refractivity (Wildman–Crippen MR) is 67.5 cm³/mol. The molecule has 16 heavy (non-hydrogen) atoms. The van der Waals surface area contributed by atoms with Crippen LogP contribution in [0, 0.1) is 18.8 Å². The number of nitrogens with two attached hydrogens (primary N) is 1. The average molecular weight is 236 g/mol. The zero-order valence-electron chi connectivity index (χ0n) is 10.1. The third-order valence-electron chi connectivity index (χ3n) is 4.52. The van der Waals surface area contributed by atoms with Crippen LogP contribution in [-0.4, -0.2) is 4.98 Å². The van der Waals surface area contributed by atoms with E-state index in [1.807, 2.05) is 11.3 Å². The van der Waals surface area contributed by atoms with E-state index in [9.17, 15) is 0 Å². The molecule has 2 fully saturated rings. The lowest BCUT2D eigenvalue weighted by Gasteiger charge is -2.31. The molecule has 88 valence electrons. The van der Waals surface area contributed by atoms with Crippen LogP contribution in [0.3, 0.4) is 0 Å². The van der Waals surface area contributed by atoms with Crippen molar-refractivity contribution < 1.29 is 0 Å². The van der Waals surface area contributed by atoms with Gasteiger partial charge >= 0.3 is 0 Å². The van der Waals surface area contributed by atoms with Crippen molar-refractivity contribution in [3.05, 3.63) is 15.6 Å². The number of hydrogen-bond acceptors (Lipinski definition) is 3. The Morgan fingerprint density at radius 2 is 2.31 bits per heavy atom. The van der Waals surface area contributed by atoms with E-state index in [0.29, 0.717) is 5.92 Å². The van der Waals surface area contributed by atoms with E-state index in [0.717, 1.165) is 12.3 Å². The van der Waals surface area contributed by atoms with Gasteiger partial charge in [0.25, 0.3) is 0 Å². The highest BCUT2D eigenvalue weighted by molar-refractivity contribution is 7.11. The smallest absolute Gasteiger partial charge is 0.113 e. The number of thiazole rings is 1. The van der Waals surface area contributed by atoms with Crippen LogP contribution in [0.25, 0.3) is 0 Å². The molecule has 0 saturated heterocycles. The molecule has 2 aliphatic carbocycles. The molecule has 0 spiro atoms.